The largest absolute Gasteiger partial charge is 0.394 e. The SMILES string of the molecule is CO[C@@H]1[C@H](O)[C@@H](O[C@H]2[C@H](OC)[C@H](O)[C@@H](O[C@H]3[C@H](OC)[C@H](O)[C@@H](O[C@H]4[C@H](OC)[C@H](O)[C@@H](O[C@H]5[C@H](OC)[C@H](O)[C@@H](O[C@H]6[C@H](OC)[C@H](O)[C@@H](O[C@H]7[C@H](OC)[C@H](O)[C@@H](O[C@H]8[C@H](OC)[C@H](O)[C@@H](O[C@H]9[C@H](OC)[C@H](O)C(O)O[C@@H]9CO)O[C@@H]8CO)O[C@@H]7CO)O[C@@H]6CO)O[C@@H]5CO)O[C@@H]4CO)O[C@@H]3CO)O[C@@H]2CO)O[C@H](CO)[C@H]1O. The Hall–Kier alpha value is -1.84. The third-order valence-corrected chi connectivity index (χ3v) is 21.0. The third-order valence-electron chi connectivity index (χ3n) is 21.0. The van der Waals surface area contributed by atoms with E-state index in [2.05, 4.69) is 0 Å². The summed E-state index contributed by atoms with van der Waals surface area (Å²) in [6.07, 6.45) is -72.7. The molecule has 1 unspecified atom stereocenters. The fraction of sp³-hybridized carbons (Fsp3) is 1.00. The molecule has 0 aromatic carbocycles. The van der Waals surface area contributed by atoms with E-state index in [9.17, 15) is 102 Å². The van der Waals surface area contributed by atoms with Gasteiger partial charge in [0.1, 0.15) is 220 Å². The van der Waals surface area contributed by atoms with Gasteiger partial charge in [0.05, 0.1) is 59.5 Å². The highest BCUT2D eigenvalue weighted by atomic mass is 16.8. The van der Waals surface area contributed by atoms with E-state index in [1.165, 1.54) is 28.4 Å². The number of hydrogen-bond donors (Lipinski definition) is 20. The quantitative estimate of drug-likeness (QED) is 0.0284. The Labute approximate surface area is 623 Å². The van der Waals surface area contributed by atoms with Crippen molar-refractivity contribution in [2.24, 2.45) is 0 Å². The highest BCUT2D eigenvalue weighted by molar-refractivity contribution is 5.04. The normalized spacial score (nSPS) is 50.2. The van der Waals surface area contributed by atoms with Crippen LogP contribution < -0.4 is 0 Å². The Morgan fingerprint density at radius 3 is 0.459 bits per heavy atom. The molecule has 46 heteroatoms. The summed E-state index contributed by atoms with van der Waals surface area (Å²) in [6, 6.07) is 0. The Kier molecular flexibility index (Phi) is 34.7. The average molecular weight is 1600 g/mol. The van der Waals surface area contributed by atoms with Crippen LogP contribution in [0.3, 0.4) is 0 Å². The van der Waals surface area contributed by atoms with E-state index < -0.39 is 336 Å². The first-order chi connectivity index (χ1) is 52.3. The van der Waals surface area contributed by atoms with Gasteiger partial charge in [-0.3, -0.25) is 0 Å². The van der Waals surface area contributed by atoms with Crippen molar-refractivity contribution in [3.63, 3.8) is 0 Å². The molecule has 9 aliphatic rings. The second-order valence-corrected chi connectivity index (χ2v) is 27.1. The van der Waals surface area contributed by atoms with E-state index >= 15 is 0 Å². The van der Waals surface area contributed by atoms with E-state index in [4.69, 9.17) is 123 Å². The second kappa shape index (κ2) is 41.5. The van der Waals surface area contributed by atoms with Gasteiger partial charge in [-0.2, -0.15) is 0 Å². The zero-order chi connectivity index (χ0) is 79.7. The van der Waals surface area contributed by atoms with E-state index in [1.54, 1.807) is 0 Å². The highest BCUT2D eigenvalue weighted by Crippen LogP contribution is 2.42. The molecule has 0 amide bonds. The van der Waals surface area contributed by atoms with Crippen LogP contribution >= 0.6 is 0 Å². The zero-order valence-corrected chi connectivity index (χ0v) is 60.9. The Morgan fingerprint density at radius 1 is 0.165 bits per heavy atom. The Bertz CT molecular complexity index is 2630. The number of rotatable bonds is 34. The van der Waals surface area contributed by atoms with Gasteiger partial charge in [0.25, 0.3) is 0 Å². The molecule has 9 rings (SSSR count). The zero-order valence-electron chi connectivity index (χ0n) is 60.9. The minimum Gasteiger partial charge on any atom is -0.394 e. The van der Waals surface area contributed by atoms with Gasteiger partial charge in [-0.1, -0.05) is 0 Å². The highest BCUT2D eigenvalue weighted by Gasteiger charge is 2.62. The summed E-state index contributed by atoms with van der Waals surface area (Å²) in [4.78, 5) is 0. The maximum absolute atomic E-state index is 12.0. The Morgan fingerprint density at radius 2 is 0.303 bits per heavy atom. The molecule has 0 aromatic heterocycles. The molecule has 9 saturated heterocycles. The fourth-order valence-electron chi connectivity index (χ4n) is 15.3. The summed E-state index contributed by atoms with van der Waals surface area (Å²) in [7, 11) is 10.4. The molecule has 20 N–H and O–H groups in total. The first kappa shape index (κ1) is 91.1. The predicted molar refractivity (Wildman–Crippen MR) is 340 cm³/mol. The number of hydrogen-bond acceptors (Lipinski definition) is 46. The Balaban J connectivity index is 0.819. The second-order valence-electron chi connectivity index (χ2n) is 27.1. The molecular formula is C63H110O46. The number of aliphatic hydroxyl groups excluding tert-OH is 20. The maximum atomic E-state index is 12.0. The van der Waals surface area contributed by atoms with Crippen LogP contribution in [-0.4, -0.2) is 502 Å². The molecule has 0 saturated carbocycles. The summed E-state index contributed by atoms with van der Waals surface area (Å²) in [5.41, 5.74) is 0. The molecule has 9 heterocycles. The molecule has 9 aliphatic heterocycles. The molecule has 45 atom stereocenters. The van der Waals surface area contributed by atoms with Gasteiger partial charge in [-0.25, -0.2) is 0 Å². The maximum Gasteiger partial charge on any atom is 0.187 e. The first-order valence-electron chi connectivity index (χ1n) is 35.2. The van der Waals surface area contributed by atoms with Crippen LogP contribution in [0, 0.1) is 0 Å². The van der Waals surface area contributed by atoms with Crippen LogP contribution in [0.4, 0.5) is 0 Å². The lowest BCUT2D eigenvalue weighted by atomic mass is 9.94. The molecule has 0 radical (unpaired) electrons. The minimum atomic E-state index is -1.93. The monoisotopic (exact) mass is 1600 g/mol. The lowest BCUT2D eigenvalue weighted by Gasteiger charge is -2.51. The van der Waals surface area contributed by atoms with Crippen LogP contribution in [-0.2, 0) is 123 Å². The van der Waals surface area contributed by atoms with Gasteiger partial charge in [0, 0.05) is 64.0 Å². The van der Waals surface area contributed by atoms with Crippen molar-refractivity contribution in [2.45, 2.75) is 276 Å². The van der Waals surface area contributed by atoms with Crippen molar-refractivity contribution in [1.82, 2.24) is 0 Å². The minimum absolute atomic E-state index is 0.714. The van der Waals surface area contributed by atoms with Crippen LogP contribution in [0.15, 0.2) is 0 Å². The average Bonchev–Trinajstić information content (AvgIpc) is 0.770. The molecule has 9 fully saturated rings. The van der Waals surface area contributed by atoms with E-state index in [0.717, 1.165) is 35.5 Å². The molecular weight excluding hydrogens is 1490 g/mol. The molecule has 0 bridgehead atoms. The fourth-order valence-corrected chi connectivity index (χ4v) is 15.3. The molecule has 0 spiro atoms. The van der Waals surface area contributed by atoms with Gasteiger partial charge in [0.2, 0.25) is 0 Å². The van der Waals surface area contributed by atoms with E-state index in [-0.39, 0.29) is 0 Å². The molecule has 0 aliphatic carbocycles. The molecule has 109 heavy (non-hydrogen) atoms. The van der Waals surface area contributed by atoms with Crippen LogP contribution in [0.25, 0.3) is 0 Å². The van der Waals surface area contributed by atoms with E-state index in [0.29, 0.717) is 0 Å². The van der Waals surface area contributed by atoms with Gasteiger partial charge in [-0.05, 0) is 0 Å². The van der Waals surface area contributed by atoms with Crippen molar-refractivity contribution in [3.05, 3.63) is 0 Å². The van der Waals surface area contributed by atoms with Crippen molar-refractivity contribution >= 4 is 0 Å². The lowest BCUT2D eigenvalue weighted by molar-refractivity contribution is -0.402. The smallest absolute Gasteiger partial charge is 0.187 e. The summed E-state index contributed by atoms with van der Waals surface area (Å²) < 4.78 is 152. The lowest BCUT2D eigenvalue weighted by Crippen LogP contribution is -2.69. The number of methoxy groups -OCH3 is 9. The van der Waals surface area contributed by atoms with Gasteiger partial charge in [-0.15, -0.1) is 0 Å². The topological polar surface area (TPSA) is 645 Å². The number of aliphatic hydroxyl groups is 20. The van der Waals surface area contributed by atoms with Crippen molar-refractivity contribution in [2.75, 3.05) is 123 Å². The molecule has 638 valence electrons. The summed E-state index contributed by atoms with van der Waals surface area (Å²) in [6.45, 7) is -7.67. The standard InChI is InChI=1S/C63H110O46/c1-84-46-28(73)19(10-64)94-56(30(46)75)103-39-21(12-66)96-58(32(77)48(39)86-3)105-41-23(14-68)98-60(34(79)50(41)88-5)107-43-25(16-70)100-62(36(81)52(43)90-7)109-45-27(18-72)101-63(37(82)54(45)92-9)108-44-26(17-71)99-61(35(80)53(44)91-8)106-42-24(15-69)97-59(33(78)51(42)89-6)104-40-22(13-67)95-57(31(76)49(40)87-4)102-38-20(11-65)93-55(83)29(74)47(38)85-2/h19-83H,10-18H2,1-9H3/t19-,20-,21-,22-,23-,24-,25-,26-,27-,28-,29+,30+,31+,32+,33+,34+,35+,36+,37+,38-,39-,40-,41-,42-,43-,44-,45-,46+,47-,48-,49-,50-,51-,52-,53-,54-,55?,56-,57-,58-,59-,60-,61-,62-,63-/m1/s1. The van der Waals surface area contributed by atoms with Crippen molar-refractivity contribution < 1.29 is 225 Å². The van der Waals surface area contributed by atoms with Crippen LogP contribution in [0.1, 0.15) is 0 Å². The van der Waals surface area contributed by atoms with Gasteiger partial charge >= 0.3 is 0 Å². The first-order valence-corrected chi connectivity index (χ1v) is 35.2. The third kappa shape index (κ3) is 19.0. The summed E-state index contributed by atoms with van der Waals surface area (Å²) in [5.74, 6) is 0. The van der Waals surface area contributed by atoms with Gasteiger partial charge < -0.3 is 225 Å². The van der Waals surface area contributed by atoms with Crippen molar-refractivity contribution in [1.29, 1.82) is 0 Å². The van der Waals surface area contributed by atoms with Gasteiger partial charge in [0.15, 0.2) is 56.6 Å². The summed E-state index contributed by atoms with van der Waals surface area (Å²) in [5, 5.41) is 220. The van der Waals surface area contributed by atoms with Crippen LogP contribution in [0.2, 0.25) is 0 Å². The predicted octanol–water partition coefficient (Wildman–Crippen LogP) is -14.7. The molecule has 46 nitrogen and oxygen atoms in total. The summed E-state index contributed by atoms with van der Waals surface area (Å²) >= 11 is 0. The van der Waals surface area contributed by atoms with Crippen LogP contribution in [0.5, 0.6) is 0 Å². The van der Waals surface area contributed by atoms with Crippen molar-refractivity contribution in [3.8, 4) is 0 Å². The van der Waals surface area contributed by atoms with E-state index in [1.807, 2.05) is 0 Å². The number of ether oxygens (including phenoxy) is 26. The molecule has 0 aromatic rings.